The summed E-state index contributed by atoms with van der Waals surface area (Å²) in [5.41, 5.74) is 2.98. The predicted octanol–water partition coefficient (Wildman–Crippen LogP) is 4.22. The summed E-state index contributed by atoms with van der Waals surface area (Å²) in [7, 11) is 0. The Morgan fingerprint density at radius 2 is 2.08 bits per heavy atom. The average molecular weight is 355 g/mol. The van der Waals surface area contributed by atoms with Crippen LogP contribution in [-0.2, 0) is 9.63 Å². The molecule has 2 fully saturated rings. The average Bonchev–Trinajstić information content (AvgIpc) is 2.92. The summed E-state index contributed by atoms with van der Waals surface area (Å²) in [6.45, 7) is 4.62. The number of allylic oxidation sites excluding steroid dienone is 4. The topological polar surface area (TPSA) is 69.4 Å². The molecule has 4 aliphatic carbocycles. The molecule has 5 heteroatoms. The lowest BCUT2D eigenvalue weighted by molar-refractivity contribution is -0.731. The molecule has 138 valence electrons. The Bertz CT molecular complexity index is 786. The van der Waals surface area contributed by atoms with Crippen LogP contribution in [0.25, 0.3) is 0 Å². The number of carbonyl (C=O) groups excluding carboxylic acids is 1. The van der Waals surface area contributed by atoms with Crippen molar-refractivity contribution < 1.29 is 14.7 Å². The van der Waals surface area contributed by atoms with Crippen molar-refractivity contribution in [2.24, 2.45) is 28.6 Å². The Morgan fingerprint density at radius 3 is 2.85 bits per heavy atom. The van der Waals surface area contributed by atoms with Crippen LogP contribution < -0.4 is 0 Å². The van der Waals surface area contributed by atoms with Crippen molar-refractivity contribution in [3.63, 3.8) is 0 Å². The highest BCUT2D eigenvalue weighted by Gasteiger charge is 2.55. The summed E-state index contributed by atoms with van der Waals surface area (Å²) in [6.07, 6.45) is 13.4. The van der Waals surface area contributed by atoms with Crippen molar-refractivity contribution in [2.45, 2.75) is 58.8 Å². The summed E-state index contributed by atoms with van der Waals surface area (Å²) in [6, 6.07) is 0. The molecule has 5 nitrogen and oxygen atoms in total. The van der Waals surface area contributed by atoms with Crippen molar-refractivity contribution in [3.8, 4) is 12.0 Å². The van der Waals surface area contributed by atoms with E-state index in [-0.39, 0.29) is 22.5 Å². The van der Waals surface area contributed by atoms with Gasteiger partial charge in [0.15, 0.2) is 5.78 Å². The molecule has 0 aliphatic heterocycles. The third-order valence-electron chi connectivity index (χ3n) is 7.69. The van der Waals surface area contributed by atoms with Crippen LogP contribution >= 0.6 is 0 Å². The van der Waals surface area contributed by atoms with Gasteiger partial charge in [-0.05, 0) is 61.9 Å². The summed E-state index contributed by atoms with van der Waals surface area (Å²) in [4.78, 5) is 26.5. The van der Waals surface area contributed by atoms with Crippen LogP contribution in [0.3, 0.4) is 0 Å². The third kappa shape index (κ3) is 2.50. The number of hydrogen-bond acceptors (Lipinski definition) is 4. The minimum atomic E-state index is -0.846. The van der Waals surface area contributed by atoms with E-state index in [1.807, 2.05) is 6.08 Å². The summed E-state index contributed by atoms with van der Waals surface area (Å²) >= 11 is 0. The van der Waals surface area contributed by atoms with Gasteiger partial charge in [0.25, 0.3) is 0 Å². The van der Waals surface area contributed by atoms with Crippen LogP contribution in [-0.4, -0.2) is 10.9 Å². The largest absolute Gasteiger partial charge is 0.308 e. The second kappa shape index (κ2) is 5.97. The van der Waals surface area contributed by atoms with Gasteiger partial charge in [-0.15, -0.1) is 10.1 Å². The van der Waals surface area contributed by atoms with E-state index in [0.717, 1.165) is 38.5 Å². The van der Waals surface area contributed by atoms with Gasteiger partial charge in [0.1, 0.15) is 0 Å². The number of hydrogen-bond donors (Lipinski definition) is 0. The van der Waals surface area contributed by atoms with Crippen molar-refractivity contribution in [3.05, 3.63) is 33.4 Å². The minimum absolute atomic E-state index is 0.0522. The van der Waals surface area contributed by atoms with E-state index in [4.69, 9.17) is 0 Å². The molecule has 0 N–H and O–H groups in total. The first kappa shape index (κ1) is 17.3. The van der Waals surface area contributed by atoms with E-state index in [9.17, 15) is 14.9 Å². The fraction of sp³-hybridized carbons (Fsp3) is 0.667. The van der Waals surface area contributed by atoms with Gasteiger partial charge in [0.05, 0.1) is 6.11 Å². The van der Waals surface area contributed by atoms with Crippen LogP contribution in [0.5, 0.6) is 0 Å². The number of fused-ring (bicyclic) bond motifs is 5. The highest BCUT2D eigenvalue weighted by atomic mass is 16.9. The van der Waals surface area contributed by atoms with Gasteiger partial charge in [0, 0.05) is 17.8 Å². The van der Waals surface area contributed by atoms with E-state index in [1.165, 1.54) is 5.57 Å². The van der Waals surface area contributed by atoms with E-state index in [0.29, 0.717) is 18.3 Å². The van der Waals surface area contributed by atoms with Gasteiger partial charge < -0.3 is 0 Å². The van der Waals surface area contributed by atoms with Gasteiger partial charge >= 0.3 is 5.09 Å². The summed E-state index contributed by atoms with van der Waals surface area (Å²) in [5.74, 6) is 4.55. The molecule has 0 spiro atoms. The first-order valence-corrected chi connectivity index (χ1v) is 9.61. The van der Waals surface area contributed by atoms with Gasteiger partial charge in [-0.2, -0.15) is 0 Å². The van der Waals surface area contributed by atoms with Crippen LogP contribution in [0.15, 0.2) is 23.3 Å². The van der Waals surface area contributed by atoms with Crippen LogP contribution in [0.1, 0.15) is 58.8 Å². The molecule has 26 heavy (non-hydrogen) atoms. The maximum absolute atomic E-state index is 11.9. The second-order valence-electron chi connectivity index (χ2n) is 8.78. The molecule has 4 rings (SSSR count). The molecule has 0 bridgehead atoms. The number of rotatable bonds is 1. The van der Waals surface area contributed by atoms with E-state index < -0.39 is 5.09 Å². The molecule has 0 unspecified atom stereocenters. The fourth-order valence-electron chi connectivity index (χ4n) is 6.23. The molecule has 0 aromatic heterocycles. The zero-order valence-corrected chi connectivity index (χ0v) is 15.4. The lowest BCUT2D eigenvalue weighted by atomic mass is 9.51. The quantitative estimate of drug-likeness (QED) is 0.305. The maximum atomic E-state index is 11.9. The minimum Gasteiger partial charge on any atom is -0.295 e. The first-order chi connectivity index (χ1) is 12.3. The maximum Gasteiger partial charge on any atom is 0.308 e. The Kier molecular flexibility index (Phi) is 3.98. The lowest BCUT2D eigenvalue weighted by Crippen LogP contribution is -2.44. The van der Waals surface area contributed by atoms with Crippen LogP contribution in [0.2, 0.25) is 0 Å². The number of nitrogens with zero attached hydrogens (tertiary/aromatic N) is 1. The number of carbonyl (C=O) groups is 1. The van der Waals surface area contributed by atoms with Crippen LogP contribution in [0.4, 0.5) is 0 Å². The Morgan fingerprint density at radius 1 is 1.27 bits per heavy atom. The van der Waals surface area contributed by atoms with E-state index in [2.05, 4.69) is 36.8 Å². The highest BCUT2D eigenvalue weighted by Crippen LogP contribution is 2.64. The molecule has 0 aromatic rings. The van der Waals surface area contributed by atoms with Gasteiger partial charge in [0.2, 0.25) is 0 Å². The van der Waals surface area contributed by atoms with Crippen molar-refractivity contribution in [2.75, 3.05) is 0 Å². The normalized spacial score (nSPS) is 40.8. The molecule has 2 saturated carbocycles. The van der Waals surface area contributed by atoms with Crippen molar-refractivity contribution >= 4 is 5.78 Å². The van der Waals surface area contributed by atoms with Gasteiger partial charge in [-0.1, -0.05) is 37.0 Å². The number of ketones is 1. The van der Waals surface area contributed by atoms with Crippen LogP contribution in [0, 0.1) is 50.7 Å². The summed E-state index contributed by atoms with van der Waals surface area (Å²) in [5, 5.41) is 9.51. The molecular formula is C21H25NO4. The zero-order chi connectivity index (χ0) is 18.5. The molecule has 0 amide bonds. The predicted molar refractivity (Wildman–Crippen MR) is 96.0 cm³/mol. The molecule has 0 aromatic carbocycles. The molecule has 5 atom stereocenters. The van der Waals surface area contributed by atoms with E-state index >= 15 is 0 Å². The summed E-state index contributed by atoms with van der Waals surface area (Å²) < 4.78 is 0. The van der Waals surface area contributed by atoms with Gasteiger partial charge in [-0.3, -0.25) is 4.79 Å². The molecular weight excluding hydrogens is 330 g/mol. The monoisotopic (exact) mass is 355 g/mol. The van der Waals surface area contributed by atoms with Gasteiger partial charge in [-0.25, -0.2) is 4.84 Å². The van der Waals surface area contributed by atoms with E-state index in [1.54, 1.807) is 5.57 Å². The lowest BCUT2D eigenvalue weighted by Gasteiger charge is -2.53. The Labute approximate surface area is 154 Å². The van der Waals surface area contributed by atoms with Crippen molar-refractivity contribution in [1.29, 1.82) is 0 Å². The Balaban J connectivity index is 1.64. The van der Waals surface area contributed by atoms with Crippen molar-refractivity contribution in [1.82, 2.24) is 0 Å². The zero-order valence-electron chi connectivity index (χ0n) is 15.4. The molecule has 0 radical (unpaired) electrons. The SMILES string of the molecule is C[C@]12CCC(=O)C=C1CC[C@@H]1C2=CC[C@]2(C)[C@H](C#CO[N+](=O)[O-])CC[C@@H]12. The molecule has 4 aliphatic rings. The molecule has 0 saturated heterocycles. The third-order valence-corrected chi connectivity index (χ3v) is 7.69. The second-order valence-corrected chi connectivity index (χ2v) is 8.78. The smallest absolute Gasteiger partial charge is 0.295 e. The standard InChI is InChI=1S/C21H25NO4/c1-20-11-8-19-17(5-3-15-13-16(23)7-10-21(15,19)2)18(20)6-4-14(20)9-12-26-22(24)25/h8,13-14,17-18H,3-7,10-11H2,1-2H3/t14-,17-,18-,20+,21-/m0/s1. The first-order valence-electron chi connectivity index (χ1n) is 9.61. The highest BCUT2D eigenvalue weighted by molar-refractivity contribution is 5.92. The fourth-order valence-corrected chi connectivity index (χ4v) is 6.23. The Hall–Kier alpha value is -2.09. The molecule has 0 heterocycles.